The lowest BCUT2D eigenvalue weighted by Gasteiger charge is -2.35. The number of hydrogen-bond donors (Lipinski definition) is 2. The van der Waals surface area contributed by atoms with Crippen LogP contribution in [0.3, 0.4) is 0 Å². The molecule has 1 rings (SSSR count). The summed E-state index contributed by atoms with van der Waals surface area (Å²) in [5.74, 6) is -0.977. The maximum atomic E-state index is 12.6. The van der Waals surface area contributed by atoms with E-state index in [2.05, 4.69) is 5.16 Å². The fraction of sp³-hybridized carbons (Fsp3) is 0.846. The molecule has 0 aliphatic heterocycles. The number of carbonyl (C=O) groups is 1. The minimum absolute atomic E-state index is 0.0706. The monoisotopic (exact) mass is 309 g/mol. The number of alkyl halides is 3. The first kappa shape index (κ1) is 17.6. The van der Waals surface area contributed by atoms with Gasteiger partial charge in [-0.05, 0) is 19.8 Å². The van der Waals surface area contributed by atoms with Gasteiger partial charge in [0.1, 0.15) is 12.0 Å². The molecule has 1 saturated carbocycles. The highest BCUT2D eigenvalue weighted by atomic mass is 19.4. The zero-order valence-corrected chi connectivity index (χ0v) is 12.1. The van der Waals surface area contributed by atoms with Gasteiger partial charge in [0.25, 0.3) is 0 Å². The van der Waals surface area contributed by atoms with Crippen LogP contribution in [-0.2, 0) is 4.79 Å². The minimum Gasteiger partial charge on any atom is -0.409 e. The number of amides is 1. The van der Waals surface area contributed by atoms with E-state index in [0.717, 1.165) is 17.7 Å². The fourth-order valence-corrected chi connectivity index (χ4v) is 2.85. The summed E-state index contributed by atoms with van der Waals surface area (Å²) in [6, 6.07) is 0. The number of oxime groups is 1. The smallest absolute Gasteiger partial charge is 0.406 e. The first-order chi connectivity index (χ1) is 9.77. The van der Waals surface area contributed by atoms with Crippen molar-refractivity contribution in [2.45, 2.75) is 51.6 Å². The topological polar surface area (TPSA) is 78.9 Å². The third kappa shape index (κ3) is 4.25. The van der Waals surface area contributed by atoms with E-state index < -0.39 is 24.0 Å². The van der Waals surface area contributed by atoms with Crippen LogP contribution in [-0.4, -0.2) is 41.1 Å². The Hall–Kier alpha value is -1.47. The highest BCUT2D eigenvalue weighted by Crippen LogP contribution is 2.37. The lowest BCUT2D eigenvalue weighted by Crippen LogP contribution is -2.53. The molecule has 0 atom stereocenters. The third-order valence-corrected chi connectivity index (χ3v) is 4.00. The largest absolute Gasteiger partial charge is 0.409 e. The Labute approximate surface area is 122 Å². The molecule has 0 spiro atoms. The molecular formula is C13H22F3N3O2. The molecule has 0 aromatic carbocycles. The van der Waals surface area contributed by atoms with E-state index in [4.69, 9.17) is 10.9 Å². The molecule has 1 aliphatic rings. The number of nitrogens with two attached hydrogens (primary N) is 1. The summed E-state index contributed by atoms with van der Waals surface area (Å²) in [5, 5.41) is 11.9. The second kappa shape index (κ2) is 7.00. The summed E-state index contributed by atoms with van der Waals surface area (Å²) < 4.78 is 37.8. The van der Waals surface area contributed by atoms with E-state index in [1.807, 2.05) is 0 Å². The van der Waals surface area contributed by atoms with Crippen molar-refractivity contribution in [1.29, 1.82) is 0 Å². The summed E-state index contributed by atoms with van der Waals surface area (Å²) in [6.07, 6.45) is -0.718. The van der Waals surface area contributed by atoms with Crippen LogP contribution in [0.25, 0.3) is 0 Å². The van der Waals surface area contributed by atoms with Gasteiger partial charge in [0.05, 0.1) is 0 Å². The van der Waals surface area contributed by atoms with Gasteiger partial charge in [0, 0.05) is 6.54 Å². The van der Waals surface area contributed by atoms with Crippen LogP contribution in [0.4, 0.5) is 13.2 Å². The summed E-state index contributed by atoms with van der Waals surface area (Å²) in [5.41, 5.74) is 4.37. The highest BCUT2D eigenvalue weighted by molar-refractivity contribution is 6.06. The molecule has 0 radical (unpaired) electrons. The Morgan fingerprint density at radius 1 is 1.29 bits per heavy atom. The molecule has 122 valence electrons. The number of hydrogen-bond acceptors (Lipinski definition) is 3. The van der Waals surface area contributed by atoms with Crippen LogP contribution in [0.15, 0.2) is 5.16 Å². The number of carbonyl (C=O) groups excluding carboxylic acids is 1. The van der Waals surface area contributed by atoms with Crippen LogP contribution in [0, 0.1) is 5.41 Å². The average molecular weight is 309 g/mol. The summed E-state index contributed by atoms with van der Waals surface area (Å²) >= 11 is 0. The maximum Gasteiger partial charge on any atom is 0.406 e. The van der Waals surface area contributed by atoms with Crippen LogP contribution in [0.1, 0.15) is 45.4 Å². The van der Waals surface area contributed by atoms with Gasteiger partial charge in [0.15, 0.2) is 5.84 Å². The van der Waals surface area contributed by atoms with Crippen molar-refractivity contribution in [3.05, 3.63) is 0 Å². The standard InChI is InChI=1S/C13H22F3N3O2/c1-2-19(9-13(14,15)16)11(20)12(10(17)18-21)7-5-3-4-6-8-12/h21H,2-9H2,1H3,(H2,17,18). The first-order valence-electron chi connectivity index (χ1n) is 7.11. The van der Waals surface area contributed by atoms with Crippen molar-refractivity contribution in [3.63, 3.8) is 0 Å². The van der Waals surface area contributed by atoms with Crippen molar-refractivity contribution < 1.29 is 23.2 Å². The number of rotatable bonds is 4. The summed E-state index contributed by atoms with van der Waals surface area (Å²) in [7, 11) is 0. The van der Waals surface area contributed by atoms with E-state index in [1.165, 1.54) is 6.92 Å². The van der Waals surface area contributed by atoms with Crippen LogP contribution in [0.5, 0.6) is 0 Å². The van der Waals surface area contributed by atoms with Crippen LogP contribution in [0.2, 0.25) is 0 Å². The molecule has 1 aliphatic carbocycles. The molecule has 21 heavy (non-hydrogen) atoms. The van der Waals surface area contributed by atoms with Gasteiger partial charge < -0.3 is 15.8 Å². The SMILES string of the molecule is CCN(CC(F)(F)F)C(=O)C1(C(N)=NO)CCCCCC1. The van der Waals surface area contributed by atoms with E-state index in [-0.39, 0.29) is 12.4 Å². The van der Waals surface area contributed by atoms with Crippen molar-refractivity contribution in [2.24, 2.45) is 16.3 Å². The molecule has 5 nitrogen and oxygen atoms in total. The molecule has 3 N–H and O–H groups in total. The zero-order valence-electron chi connectivity index (χ0n) is 12.1. The second-order valence-corrected chi connectivity index (χ2v) is 5.42. The average Bonchev–Trinajstić information content (AvgIpc) is 2.68. The van der Waals surface area contributed by atoms with E-state index in [0.29, 0.717) is 25.7 Å². The van der Waals surface area contributed by atoms with Crippen molar-refractivity contribution in [3.8, 4) is 0 Å². The Bertz CT molecular complexity index is 389. The molecule has 0 heterocycles. The van der Waals surface area contributed by atoms with Gasteiger partial charge in [0.2, 0.25) is 5.91 Å². The molecule has 0 bridgehead atoms. The zero-order chi connectivity index (χ0) is 16.1. The molecule has 0 unspecified atom stereocenters. The van der Waals surface area contributed by atoms with Crippen molar-refractivity contribution in [1.82, 2.24) is 4.90 Å². The van der Waals surface area contributed by atoms with E-state index in [9.17, 15) is 18.0 Å². The second-order valence-electron chi connectivity index (χ2n) is 5.42. The minimum atomic E-state index is -4.47. The van der Waals surface area contributed by atoms with Gasteiger partial charge in [-0.2, -0.15) is 13.2 Å². The Morgan fingerprint density at radius 2 is 1.81 bits per heavy atom. The Balaban J connectivity index is 3.09. The molecule has 0 aromatic rings. The molecule has 8 heteroatoms. The summed E-state index contributed by atoms with van der Waals surface area (Å²) in [6.45, 7) is 0.0991. The first-order valence-corrected chi connectivity index (χ1v) is 7.11. The fourth-order valence-electron chi connectivity index (χ4n) is 2.85. The predicted octanol–water partition coefficient (Wildman–Crippen LogP) is 2.48. The van der Waals surface area contributed by atoms with Crippen molar-refractivity contribution >= 4 is 11.7 Å². The quantitative estimate of drug-likeness (QED) is 0.275. The summed E-state index contributed by atoms with van der Waals surface area (Å²) in [4.78, 5) is 13.4. The number of nitrogens with zero attached hydrogens (tertiary/aromatic N) is 2. The molecule has 0 saturated heterocycles. The number of amidine groups is 1. The lowest BCUT2D eigenvalue weighted by molar-refractivity contribution is -0.165. The Kier molecular flexibility index (Phi) is 5.86. The van der Waals surface area contributed by atoms with Crippen LogP contribution < -0.4 is 5.73 Å². The molecule has 1 amide bonds. The molecule has 1 fully saturated rings. The molecular weight excluding hydrogens is 287 g/mol. The highest BCUT2D eigenvalue weighted by Gasteiger charge is 2.47. The van der Waals surface area contributed by atoms with Gasteiger partial charge in [-0.3, -0.25) is 4.79 Å². The van der Waals surface area contributed by atoms with E-state index in [1.54, 1.807) is 0 Å². The van der Waals surface area contributed by atoms with Gasteiger partial charge in [-0.25, -0.2) is 0 Å². The Morgan fingerprint density at radius 3 is 2.19 bits per heavy atom. The third-order valence-electron chi connectivity index (χ3n) is 4.00. The molecule has 0 aromatic heterocycles. The maximum absolute atomic E-state index is 12.6. The normalized spacial score (nSPS) is 19.9. The van der Waals surface area contributed by atoms with Gasteiger partial charge in [-0.1, -0.05) is 30.8 Å². The predicted molar refractivity (Wildman–Crippen MR) is 71.9 cm³/mol. The number of halogens is 3. The van der Waals surface area contributed by atoms with Gasteiger partial charge in [-0.15, -0.1) is 0 Å². The van der Waals surface area contributed by atoms with Gasteiger partial charge >= 0.3 is 6.18 Å². The van der Waals surface area contributed by atoms with E-state index >= 15 is 0 Å². The van der Waals surface area contributed by atoms with Crippen molar-refractivity contribution in [2.75, 3.05) is 13.1 Å². The van der Waals surface area contributed by atoms with Crippen LogP contribution >= 0.6 is 0 Å². The lowest BCUT2D eigenvalue weighted by atomic mass is 9.77.